The van der Waals surface area contributed by atoms with Crippen molar-refractivity contribution in [3.63, 3.8) is 0 Å². The van der Waals surface area contributed by atoms with Crippen LogP contribution in [0.3, 0.4) is 0 Å². The lowest BCUT2D eigenvalue weighted by atomic mass is 10.0. The SMILES string of the molecule is CCC(C)C(O)CNC(=O)NC(c1nc2ccccc2[nH]1)C(C)C. The Bertz CT molecular complexity index is 635. The summed E-state index contributed by atoms with van der Waals surface area (Å²) in [5.41, 5.74) is 1.83. The number of rotatable bonds is 7. The summed E-state index contributed by atoms with van der Waals surface area (Å²) in [7, 11) is 0. The third-order valence-electron chi connectivity index (χ3n) is 4.43. The molecule has 1 aromatic carbocycles. The number of imidazole rings is 1. The highest BCUT2D eigenvalue weighted by Gasteiger charge is 2.22. The molecule has 4 N–H and O–H groups in total. The minimum absolute atomic E-state index is 0.154. The number of hydrogen-bond donors (Lipinski definition) is 4. The zero-order valence-electron chi connectivity index (χ0n) is 14.8. The van der Waals surface area contributed by atoms with Gasteiger partial charge in [-0.05, 0) is 24.0 Å². The molecule has 0 saturated heterocycles. The Morgan fingerprint density at radius 1 is 1.29 bits per heavy atom. The van der Waals surface area contributed by atoms with E-state index in [1.807, 2.05) is 52.0 Å². The molecule has 3 unspecified atom stereocenters. The number of nitrogens with one attached hydrogen (secondary N) is 3. The number of carbonyl (C=O) groups is 1. The largest absolute Gasteiger partial charge is 0.391 e. The van der Waals surface area contributed by atoms with Crippen LogP contribution in [0, 0.1) is 11.8 Å². The molecule has 0 fully saturated rings. The van der Waals surface area contributed by atoms with Crippen LogP contribution in [0.1, 0.15) is 46.0 Å². The Morgan fingerprint density at radius 2 is 2.00 bits per heavy atom. The maximum Gasteiger partial charge on any atom is 0.315 e. The molecule has 0 aliphatic heterocycles. The summed E-state index contributed by atoms with van der Waals surface area (Å²) >= 11 is 0. The van der Waals surface area contributed by atoms with Crippen molar-refractivity contribution in [2.24, 2.45) is 11.8 Å². The Hall–Kier alpha value is -2.08. The van der Waals surface area contributed by atoms with Gasteiger partial charge in [-0.25, -0.2) is 9.78 Å². The Balaban J connectivity index is 2.02. The molecule has 0 aliphatic carbocycles. The van der Waals surface area contributed by atoms with Crippen molar-refractivity contribution in [1.29, 1.82) is 0 Å². The van der Waals surface area contributed by atoms with Gasteiger partial charge in [0.2, 0.25) is 0 Å². The number of H-pyrrole nitrogens is 1. The molecule has 0 saturated carbocycles. The molecule has 132 valence electrons. The van der Waals surface area contributed by atoms with Crippen molar-refractivity contribution >= 4 is 17.1 Å². The maximum atomic E-state index is 12.2. The lowest BCUT2D eigenvalue weighted by molar-refractivity contribution is 0.114. The third kappa shape index (κ3) is 4.47. The molecule has 3 atom stereocenters. The summed E-state index contributed by atoms with van der Waals surface area (Å²) in [5, 5.41) is 15.7. The number of aliphatic hydroxyl groups excluding tert-OH is 1. The highest BCUT2D eigenvalue weighted by molar-refractivity contribution is 5.76. The normalized spacial score (nSPS) is 15.2. The average Bonchev–Trinajstić information content (AvgIpc) is 2.99. The number of amides is 2. The Morgan fingerprint density at radius 3 is 2.62 bits per heavy atom. The van der Waals surface area contributed by atoms with E-state index in [1.165, 1.54) is 0 Å². The van der Waals surface area contributed by atoms with E-state index in [-0.39, 0.29) is 30.5 Å². The number of urea groups is 1. The van der Waals surface area contributed by atoms with E-state index in [9.17, 15) is 9.90 Å². The molecule has 2 amide bonds. The number of benzene rings is 1. The monoisotopic (exact) mass is 332 g/mol. The van der Waals surface area contributed by atoms with Crippen LogP contribution >= 0.6 is 0 Å². The summed E-state index contributed by atoms with van der Waals surface area (Å²) in [6.07, 6.45) is 0.336. The molecule has 6 nitrogen and oxygen atoms in total. The molecule has 0 bridgehead atoms. The van der Waals surface area contributed by atoms with E-state index >= 15 is 0 Å². The number of carbonyl (C=O) groups excluding carboxylic acids is 1. The van der Waals surface area contributed by atoms with Crippen LogP contribution in [-0.2, 0) is 0 Å². The number of fused-ring (bicyclic) bond motifs is 1. The highest BCUT2D eigenvalue weighted by atomic mass is 16.3. The fourth-order valence-electron chi connectivity index (χ4n) is 2.53. The van der Waals surface area contributed by atoms with Gasteiger partial charge in [0, 0.05) is 6.54 Å². The van der Waals surface area contributed by atoms with Crippen LogP contribution in [0.2, 0.25) is 0 Å². The van der Waals surface area contributed by atoms with Crippen molar-refractivity contribution in [2.45, 2.75) is 46.3 Å². The van der Waals surface area contributed by atoms with Crippen molar-refractivity contribution in [1.82, 2.24) is 20.6 Å². The number of nitrogens with zero attached hydrogens (tertiary/aromatic N) is 1. The fraction of sp³-hybridized carbons (Fsp3) is 0.556. The van der Waals surface area contributed by atoms with E-state index in [2.05, 4.69) is 20.6 Å². The topological polar surface area (TPSA) is 90.0 Å². The second-order valence-electron chi connectivity index (χ2n) is 6.67. The smallest absolute Gasteiger partial charge is 0.315 e. The van der Waals surface area contributed by atoms with E-state index < -0.39 is 6.10 Å². The molecule has 2 aromatic rings. The average molecular weight is 332 g/mol. The van der Waals surface area contributed by atoms with E-state index in [0.29, 0.717) is 0 Å². The molecule has 6 heteroatoms. The quantitative estimate of drug-likeness (QED) is 0.628. The summed E-state index contributed by atoms with van der Waals surface area (Å²) in [6.45, 7) is 8.30. The van der Waals surface area contributed by atoms with Gasteiger partial charge in [-0.1, -0.05) is 46.2 Å². The van der Waals surface area contributed by atoms with Gasteiger partial charge in [-0.15, -0.1) is 0 Å². The molecule has 0 aliphatic rings. The molecule has 24 heavy (non-hydrogen) atoms. The standard InChI is InChI=1S/C18H28N4O2/c1-5-12(4)15(23)10-19-18(24)22-16(11(2)3)17-20-13-8-6-7-9-14(13)21-17/h6-9,11-12,15-16,23H,5,10H2,1-4H3,(H,20,21)(H2,19,22,24). The number of aromatic nitrogens is 2. The highest BCUT2D eigenvalue weighted by Crippen LogP contribution is 2.22. The van der Waals surface area contributed by atoms with Gasteiger partial charge in [-0.2, -0.15) is 0 Å². The van der Waals surface area contributed by atoms with Gasteiger partial charge in [0.1, 0.15) is 5.82 Å². The molecule has 0 radical (unpaired) electrons. The van der Waals surface area contributed by atoms with Gasteiger partial charge in [0.15, 0.2) is 0 Å². The summed E-state index contributed by atoms with van der Waals surface area (Å²) < 4.78 is 0. The minimum atomic E-state index is -0.538. The van der Waals surface area contributed by atoms with Gasteiger partial charge in [-0.3, -0.25) is 0 Å². The van der Waals surface area contributed by atoms with Crippen LogP contribution in [0.15, 0.2) is 24.3 Å². The lowest BCUT2D eigenvalue weighted by Gasteiger charge is -2.22. The van der Waals surface area contributed by atoms with Crippen molar-refractivity contribution in [3.8, 4) is 0 Å². The Labute approximate surface area is 143 Å². The predicted octanol–water partition coefficient (Wildman–Crippen LogP) is 2.97. The first-order valence-corrected chi connectivity index (χ1v) is 8.59. The first kappa shape index (κ1) is 18.3. The van der Waals surface area contributed by atoms with Crippen LogP contribution < -0.4 is 10.6 Å². The number of para-hydroxylation sites is 2. The number of aliphatic hydroxyl groups is 1. The Kier molecular flexibility index (Phi) is 6.20. The van der Waals surface area contributed by atoms with E-state index in [4.69, 9.17) is 0 Å². The van der Waals surface area contributed by atoms with Crippen LogP contribution in [0.4, 0.5) is 4.79 Å². The van der Waals surface area contributed by atoms with Crippen molar-refractivity contribution < 1.29 is 9.90 Å². The fourth-order valence-corrected chi connectivity index (χ4v) is 2.53. The zero-order chi connectivity index (χ0) is 17.7. The first-order valence-electron chi connectivity index (χ1n) is 8.59. The molecule has 1 heterocycles. The predicted molar refractivity (Wildman–Crippen MR) is 95.7 cm³/mol. The first-order chi connectivity index (χ1) is 11.4. The van der Waals surface area contributed by atoms with E-state index in [0.717, 1.165) is 23.3 Å². The van der Waals surface area contributed by atoms with Crippen molar-refractivity contribution in [2.75, 3.05) is 6.54 Å². The number of aromatic amines is 1. The molecule has 0 spiro atoms. The second kappa shape index (κ2) is 8.15. The third-order valence-corrected chi connectivity index (χ3v) is 4.43. The van der Waals surface area contributed by atoms with Crippen molar-refractivity contribution in [3.05, 3.63) is 30.1 Å². The lowest BCUT2D eigenvalue weighted by Crippen LogP contribution is -2.44. The summed E-state index contributed by atoms with van der Waals surface area (Å²) in [6, 6.07) is 7.27. The van der Waals surface area contributed by atoms with Crippen LogP contribution in [0.25, 0.3) is 11.0 Å². The van der Waals surface area contributed by atoms with Gasteiger partial charge < -0.3 is 20.7 Å². The maximum absolute atomic E-state index is 12.2. The molecular weight excluding hydrogens is 304 g/mol. The van der Waals surface area contributed by atoms with Gasteiger partial charge in [0.25, 0.3) is 0 Å². The summed E-state index contributed by atoms with van der Waals surface area (Å²) in [5.74, 6) is 1.07. The molecule has 1 aromatic heterocycles. The zero-order valence-corrected chi connectivity index (χ0v) is 14.8. The van der Waals surface area contributed by atoms with Gasteiger partial charge in [0.05, 0.1) is 23.2 Å². The van der Waals surface area contributed by atoms with Crippen LogP contribution in [-0.4, -0.2) is 33.8 Å². The minimum Gasteiger partial charge on any atom is -0.391 e. The number of hydrogen-bond acceptors (Lipinski definition) is 3. The van der Waals surface area contributed by atoms with Gasteiger partial charge >= 0.3 is 6.03 Å². The molecule has 2 rings (SSSR count). The van der Waals surface area contributed by atoms with E-state index in [1.54, 1.807) is 0 Å². The van der Waals surface area contributed by atoms with Crippen LogP contribution in [0.5, 0.6) is 0 Å². The molecular formula is C18H28N4O2. The second-order valence-corrected chi connectivity index (χ2v) is 6.67. The summed E-state index contributed by atoms with van der Waals surface area (Å²) in [4.78, 5) is 20.0.